The SMILES string of the molecule is CC(C)c1nc(NCCCn2cnnc2)c2cnn(C)c2n1. The van der Waals surface area contributed by atoms with E-state index in [0.29, 0.717) is 0 Å². The number of hydrogen-bond acceptors (Lipinski definition) is 6. The average molecular weight is 300 g/mol. The zero-order chi connectivity index (χ0) is 15.5. The summed E-state index contributed by atoms with van der Waals surface area (Å²) in [4.78, 5) is 9.23. The first-order valence-electron chi connectivity index (χ1n) is 7.41. The van der Waals surface area contributed by atoms with Gasteiger partial charge in [-0.05, 0) is 6.42 Å². The van der Waals surface area contributed by atoms with Crippen LogP contribution in [0, 0.1) is 0 Å². The Labute approximate surface area is 128 Å². The number of rotatable bonds is 6. The van der Waals surface area contributed by atoms with E-state index in [1.807, 2.05) is 17.8 Å². The summed E-state index contributed by atoms with van der Waals surface area (Å²) in [5.41, 5.74) is 0.861. The summed E-state index contributed by atoms with van der Waals surface area (Å²) in [6.07, 6.45) is 6.21. The summed E-state index contributed by atoms with van der Waals surface area (Å²) in [5, 5.41) is 16.2. The van der Waals surface area contributed by atoms with Gasteiger partial charge in [0.15, 0.2) is 5.65 Å². The van der Waals surface area contributed by atoms with Crippen LogP contribution in [-0.2, 0) is 13.6 Å². The molecular weight excluding hydrogens is 280 g/mol. The standard InChI is InChI=1S/C14H20N8/c1-10(2)12-19-13(11-7-18-21(3)14(11)20-12)15-5-4-6-22-8-16-17-9-22/h7-10H,4-6H2,1-3H3,(H,15,19,20). The average Bonchev–Trinajstić information content (AvgIpc) is 3.14. The zero-order valence-electron chi connectivity index (χ0n) is 13.1. The molecule has 0 saturated heterocycles. The van der Waals surface area contributed by atoms with E-state index < -0.39 is 0 Å². The minimum atomic E-state index is 0.275. The van der Waals surface area contributed by atoms with Crippen molar-refractivity contribution in [1.82, 2.24) is 34.5 Å². The molecule has 8 nitrogen and oxygen atoms in total. The smallest absolute Gasteiger partial charge is 0.163 e. The van der Waals surface area contributed by atoms with E-state index in [1.54, 1.807) is 17.3 Å². The summed E-state index contributed by atoms with van der Waals surface area (Å²) >= 11 is 0. The Balaban J connectivity index is 1.74. The Morgan fingerprint density at radius 2 is 1.95 bits per heavy atom. The van der Waals surface area contributed by atoms with Crippen LogP contribution in [0.2, 0.25) is 0 Å². The maximum Gasteiger partial charge on any atom is 0.163 e. The highest BCUT2D eigenvalue weighted by molar-refractivity contribution is 5.86. The predicted molar refractivity (Wildman–Crippen MR) is 83.5 cm³/mol. The summed E-state index contributed by atoms with van der Waals surface area (Å²) in [6.45, 7) is 5.87. The molecule has 3 aromatic heterocycles. The molecule has 0 saturated carbocycles. The zero-order valence-corrected chi connectivity index (χ0v) is 13.1. The lowest BCUT2D eigenvalue weighted by Gasteiger charge is -2.10. The fourth-order valence-electron chi connectivity index (χ4n) is 2.24. The van der Waals surface area contributed by atoms with Crippen molar-refractivity contribution in [3.05, 3.63) is 24.7 Å². The molecule has 22 heavy (non-hydrogen) atoms. The number of aryl methyl sites for hydroxylation is 2. The first kappa shape index (κ1) is 14.4. The van der Waals surface area contributed by atoms with E-state index in [2.05, 4.69) is 44.4 Å². The molecule has 0 aromatic carbocycles. The molecule has 0 radical (unpaired) electrons. The van der Waals surface area contributed by atoms with Gasteiger partial charge in [0, 0.05) is 26.1 Å². The van der Waals surface area contributed by atoms with Crippen LogP contribution in [0.25, 0.3) is 11.0 Å². The second-order valence-electron chi connectivity index (χ2n) is 5.57. The van der Waals surface area contributed by atoms with Crippen molar-refractivity contribution in [2.45, 2.75) is 32.7 Å². The van der Waals surface area contributed by atoms with Crippen molar-refractivity contribution in [3.8, 4) is 0 Å². The quantitative estimate of drug-likeness (QED) is 0.696. The molecule has 3 heterocycles. The summed E-state index contributed by atoms with van der Waals surface area (Å²) in [6, 6.07) is 0. The molecule has 116 valence electrons. The van der Waals surface area contributed by atoms with Crippen LogP contribution in [0.4, 0.5) is 5.82 Å². The van der Waals surface area contributed by atoms with Crippen LogP contribution in [-0.4, -0.2) is 41.1 Å². The third-order valence-corrected chi connectivity index (χ3v) is 3.48. The lowest BCUT2D eigenvalue weighted by Crippen LogP contribution is -2.10. The lowest BCUT2D eigenvalue weighted by molar-refractivity contribution is 0.657. The van der Waals surface area contributed by atoms with Gasteiger partial charge in [-0.3, -0.25) is 4.68 Å². The third kappa shape index (κ3) is 2.90. The van der Waals surface area contributed by atoms with Crippen molar-refractivity contribution in [2.24, 2.45) is 7.05 Å². The Kier molecular flexibility index (Phi) is 3.99. The fraction of sp³-hybridized carbons (Fsp3) is 0.500. The summed E-state index contributed by atoms with van der Waals surface area (Å²) < 4.78 is 3.74. The van der Waals surface area contributed by atoms with Crippen molar-refractivity contribution in [3.63, 3.8) is 0 Å². The Bertz CT molecular complexity index is 744. The molecule has 0 bridgehead atoms. The Morgan fingerprint density at radius 3 is 2.68 bits per heavy atom. The molecular formula is C14H20N8. The number of nitrogens with zero attached hydrogens (tertiary/aromatic N) is 7. The number of hydrogen-bond donors (Lipinski definition) is 1. The fourth-order valence-corrected chi connectivity index (χ4v) is 2.24. The third-order valence-electron chi connectivity index (χ3n) is 3.48. The molecule has 0 atom stereocenters. The van der Waals surface area contributed by atoms with E-state index in [-0.39, 0.29) is 5.92 Å². The highest BCUT2D eigenvalue weighted by Gasteiger charge is 2.13. The molecule has 3 aromatic rings. The maximum absolute atomic E-state index is 4.64. The molecule has 1 N–H and O–H groups in total. The largest absolute Gasteiger partial charge is 0.369 e. The van der Waals surface area contributed by atoms with Gasteiger partial charge in [-0.25, -0.2) is 9.97 Å². The van der Waals surface area contributed by atoms with Gasteiger partial charge in [-0.15, -0.1) is 10.2 Å². The van der Waals surface area contributed by atoms with Crippen LogP contribution in [0.5, 0.6) is 0 Å². The number of fused-ring (bicyclic) bond motifs is 1. The molecule has 0 aliphatic carbocycles. The molecule has 0 spiro atoms. The Morgan fingerprint density at radius 1 is 1.18 bits per heavy atom. The van der Waals surface area contributed by atoms with Crippen molar-refractivity contribution < 1.29 is 0 Å². The van der Waals surface area contributed by atoms with Gasteiger partial charge in [0.05, 0.1) is 11.6 Å². The topological polar surface area (TPSA) is 86.3 Å². The molecule has 0 aliphatic rings. The summed E-state index contributed by atoms with van der Waals surface area (Å²) in [7, 11) is 1.90. The van der Waals surface area contributed by atoms with E-state index in [0.717, 1.165) is 42.2 Å². The molecule has 0 aliphatic heterocycles. The second kappa shape index (κ2) is 6.08. The van der Waals surface area contributed by atoms with Gasteiger partial charge in [-0.1, -0.05) is 13.8 Å². The first-order valence-corrected chi connectivity index (χ1v) is 7.41. The van der Waals surface area contributed by atoms with E-state index in [1.165, 1.54) is 0 Å². The predicted octanol–water partition coefficient (Wildman–Crippen LogP) is 1.58. The van der Waals surface area contributed by atoms with E-state index in [9.17, 15) is 0 Å². The van der Waals surface area contributed by atoms with Crippen molar-refractivity contribution >= 4 is 16.9 Å². The second-order valence-corrected chi connectivity index (χ2v) is 5.57. The first-order chi connectivity index (χ1) is 10.6. The van der Waals surface area contributed by atoms with E-state index >= 15 is 0 Å². The van der Waals surface area contributed by atoms with Crippen LogP contribution in [0.3, 0.4) is 0 Å². The van der Waals surface area contributed by atoms with Crippen molar-refractivity contribution in [2.75, 3.05) is 11.9 Å². The Hall–Kier alpha value is -2.51. The molecule has 8 heteroatoms. The lowest BCUT2D eigenvalue weighted by atomic mass is 10.2. The van der Waals surface area contributed by atoms with Crippen LogP contribution >= 0.6 is 0 Å². The van der Waals surface area contributed by atoms with Crippen LogP contribution in [0.15, 0.2) is 18.9 Å². The van der Waals surface area contributed by atoms with Crippen LogP contribution < -0.4 is 5.32 Å². The highest BCUT2D eigenvalue weighted by Crippen LogP contribution is 2.22. The molecule has 0 fully saturated rings. The molecule has 3 rings (SSSR count). The van der Waals surface area contributed by atoms with E-state index in [4.69, 9.17) is 0 Å². The van der Waals surface area contributed by atoms with Gasteiger partial charge < -0.3 is 9.88 Å². The van der Waals surface area contributed by atoms with Gasteiger partial charge in [0.25, 0.3) is 0 Å². The molecule has 0 amide bonds. The minimum absolute atomic E-state index is 0.275. The summed E-state index contributed by atoms with van der Waals surface area (Å²) in [5.74, 6) is 1.96. The van der Waals surface area contributed by atoms with Gasteiger partial charge in [0.2, 0.25) is 0 Å². The molecule has 0 unspecified atom stereocenters. The van der Waals surface area contributed by atoms with Gasteiger partial charge in [0.1, 0.15) is 24.3 Å². The van der Waals surface area contributed by atoms with Crippen molar-refractivity contribution in [1.29, 1.82) is 0 Å². The minimum Gasteiger partial charge on any atom is -0.369 e. The number of aromatic nitrogens is 7. The monoisotopic (exact) mass is 300 g/mol. The number of nitrogens with one attached hydrogen (secondary N) is 1. The van der Waals surface area contributed by atoms with Gasteiger partial charge >= 0.3 is 0 Å². The van der Waals surface area contributed by atoms with Gasteiger partial charge in [-0.2, -0.15) is 5.10 Å². The highest BCUT2D eigenvalue weighted by atomic mass is 15.3. The number of anilines is 1. The normalized spacial score (nSPS) is 11.5. The maximum atomic E-state index is 4.64. The van der Waals surface area contributed by atoms with Crippen LogP contribution in [0.1, 0.15) is 32.0 Å².